The number of hydrogen-bond donors (Lipinski definition) is 0. The van der Waals surface area contributed by atoms with Gasteiger partial charge in [0, 0.05) is 0 Å². The van der Waals surface area contributed by atoms with Crippen molar-refractivity contribution in [1.29, 1.82) is 0 Å². The highest BCUT2D eigenvalue weighted by atomic mass is 127. The van der Waals surface area contributed by atoms with Crippen molar-refractivity contribution in [3.8, 4) is 0 Å². The average Bonchev–Trinajstić information content (AvgIpc) is 2.32. The van der Waals surface area contributed by atoms with Gasteiger partial charge in [-0.15, -0.1) is 0 Å². The lowest BCUT2D eigenvalue weighted by Gasteiger charge is -1.90. The minimum atomic E-state index is -0.378. The molecule has 0 saturated heterocycles. The van der Waals surface area contributed by atoms with E-state index in [1.807, 2.05) is 0 Å². The van der Waals surface area contributed by atoms with Gasteiger partial charge in [0.05, 0.1) is 22.2 Å². The zero-order valence-corrected chi connectivity index (χ0v) is 7.49. The molecule has 0 aliphatic rings. The van der Waals surface area contributed by atoms with Gasteiger partial charge in [-0.3, -0.25) is 0 Å². The molecule has 56 valence electrons. The Morgan fingerprint density at radius 3 is 3.09 bits per heavy atom. The molecule has 2 aromatic rings. The number of hydrogen-bond acceptors (Lipinski definition) is 2. The number of fused-ring (bicyclic) bond motifs is 1. The zero-order valence-electron chi connectivity index (χ0n) is 5.33. The van der Waals surface area contributed by atoms with Gasteiger partial charge in [-0.05, 0) is 22.6 Å². The summed E-state index contributed by atoms with van der Waals surface area (Å²) in [4.78, 5) is 3.86. The molecule has 0 N–H and O–H groups in total. The molecule has 2 rings (SSSR count). The molecule has 0 fully saturated rings. The Labute approximate surface area is 75.4 Å². The summed E-state index contributed by atoms with van der Waals surface area (Å²) in [6.45, 7) is 0. The molecule has 0 bridgehead atoms. The molecule has 0 unspecified atom stereocenters. The molecule has 0 atom stereocenters. The van der Waals surface area contributed by atoms with E-state index in [-0.39, 0.29) is 5.82 Å². The molecule has 2 aromatic heterocycles. The Kier molecular flexibility index (Phi) is 1.52. The molecule has 2 heterocycles. The van der Waals surface area contributed by atoms with E-state index in [0.717, 1.165) is 3.57 Å². The highest BCUT2D eigenvalue weighted by molar-refractivity contribution is 14.1. The van der Waals surface area contributed by atoms with E-state index in [1.54, 1.807) is 6.20 Å². The number of rotatable bonds is 0. The van der Waals surface area contributed by atoms with Gasteiger partial charge < -0.3 is 0 Å². The predicted octanol–water partition coefficient (Wildman–Crippen LogP) is 1.47. The summed E-state index contributed by atoms with van der Waals surface area (Å²) >= 11 is 2.10. The largest absolute Gasteiger partial charge is 0.233 e. The van der Waals surface area contributed by atoms with Gasteiger partial charge in [-0.25, -0.2) is 13.9 Å². The summed E-state index contributed by atoms with van der Waals surface area (Å²) in [5.74, 6) is -0.378. The molecule has 3 nitrogen and oxygen atoms in total. The summed E-state index contributed by atoms with van der Waals surface area (Å²) in [5.41, 5.74) is 0.687. The molecule has 0 spiro atoms. The van der Waals surface area contributed by atoms with Crippen molar-refractivity contribution in [2.75, 3.05) is 0 Å². The smallest absolute Gasteiger partial charge is 0.168 e. The second-order valence-electron chi connectivity index (χ2n) is 2.03. The van der Waals surface area contributed by atoms with E-state index < -0.39 is 0 Å². The van der Waals surface area contributed by atoms with Gasteiger partial charge in [0.2, 0.25) is 0 Å². The second kappa shape index (κ2) is 2.40. The van der Waals surface area contributed by atoms with Gasteiger partial charge in [0.25, 0.3) is 0 Å². The summed E-state index contributed by atoms with van der Waals surface area (Å²) in [6.07, 6.45) is 4.12. The fraction of sp³-hybridized carbons (Fsp3) is 0. The number of halogens is 2. The highest BCUT2D eigenvalue weighted by Gasteiger charge is 2.01. The van der Waals surface area contributed by atoms with Crippen molar-refractivity contribution in [2.24, 2.45) is 0 Å². The third kappa shape index (κ3) is 1.09. The van der Waals surface area contributed by atoms with Crippen LogP contribution in [0.15, 0.2) is 18.6 Å². The molecule has 0 aromatic carbocycles. The first-order valence-electron chi connectivity index (χ1n) is 2.92. The van der Waals surface area contributed by atoms with Crippen LogP contribution in [0.5, 0.6) is 0 Å². The summed E-state index contributed by atoms with van der Waals surface area (Å²) in [6, 6.07) is 0. The van der Waals surface area contributed by atoms with Gasteiger partial charge in [-0.1, -0.05) is 0 Å². The van der Waals surface area contributed by atoms with Crippen LogP contribution in [0.25, 0.3) is 5.65 Å². The van der Waals surface area contributed by atoms with Crippen LogP contribution in [0.4, 0.5) is 4.39 Å². The van der Waals surface area contributed by atoms with Crippen LogP contribution < -0.4 is 0 Å². The minimum absolute atomic E-state index is 0.378. The quantitative estimate of drug-likeness (QED) is 0.674. The van der Waals surface area contributed by atoms with Crippen molar-refractivity contribution in [3.05, 3.63) is 28.0 Å². The summed E-state index contributed by atoms with van der Waals surface area (Å²) in [7, 11) is 0. The lowest BCUT2D eigenvalue weighted by Crippen LogP contribution is -1.91. The van der Waals surface area contributed by atoms with Crippen molar-refractivity contribution in [3.63, 3.8) is 0 Å². The van der Waals surface area contributed by atoms with Crippen LogP contribution in [-0.2, 0) is 0 Å². The van der Waals surface area contributed by atoms with E-state index in [4.69, 9.17) is 0 Å². The van der Waals surface area contributed by atoms with Crippen molar-refractivity contribution < 1.29 is 4.39 Å². The molecule has 0 saturated carbocycles. The Balaban J connectivity index is 2.86. The maximum Gasteiger partial charge on any atom is 0.168 e. The van der Waals surface area contributed by atoms with E-state index in [9.17, 15) is 4.39 Å². The topological polar surface area (TPSA) is 30.2 Å². The normalized spacial score (nSPS) is 10.7. The molecule has 0 radical (unpaired) electrons. The molecule has 0 aliphatic heterocycles. The van der Waals surface area contributed by atoms with Crippen molar-refractivity contribution in [1.82, 2.24) is 14.6 Å². The second-order valence-corrected chi connectivity index (χ2v) is 3.20. The lowest BCUT2D eigenvalue weighted by atomic mass is 10.6. The number of aromatic nitrogens is 3. The van der Waals surface area contributed by atoms with Crippen molar-refractivity contribution >= 4 is 28.2 Å². The first-order valence-corrected chi connectivity index (χ1v) is 3.99. The Morgan fingerprint density at radius 1 is 1.45 bits per heavy atom. The fourth-order valence-corrected chi connectivity index (χ4v) is 1.33. The van der Waals surface area contributed by atoms with Crippen LogP contribution in [-0.4, -0.2) is 14.6 Å². The molecular formula is C6H3FIN3. The zero-order chi connectivity index (χ0) is 7.84. The van der Waals surface area contributed by atoms with Crippen molar-refractivity contribution in [2.45, 2.75) is 0 Å². The van der Waals surface area contributed by atoms with Crippen LogP contribution in [0.3, 0.4) is 0 Å². The van der Waals surface area contributed by atoms with E-state index in [1.165, 1.54) is 16.9 Å². The van der Waals surface area contributed by atoms with Crippen LogP contribution in [0, 0.1) is 9.39 Å². The van der Waals surface area contributed by atoms with Gasteiger partial charge in [-0.2, -0.15) is 5.10 Å². The Bertz CT molecular complexity index is 398. The van der Waals surface area contributed by atoms with Crippen LogP contribution in [0.2, 0.25) is 0 Å². The Hall–Kier alpha value is -0.720. The first kappa shape index (κ1) is 6.96. The lowest BCUT2D eigenvalue weighted by molar-refractivity contribution is 0.607. The minimum Gasteiger partial charge on any atom is -0.233 e. The predicted molar refractivity (Wildman–Crippen MR) is 45.7 cm³/mol. The maximum atomic E-state index is 12.5. The third-order valence-corrected chi connectivity index (χ3v) is 2.04. The number of nitrogens with zero attached hydrogens (tertiary/aromatic N) is 3. The summed E-state index contributed by atoms with van der Waals surface area (Å²) in [5, 5.41) is 3.89. The highest BCUT2D eigenvalue weighted by Crippen LogP contribution is 2.09. The van der Waals surface area contributed by atoms with E-state index in [2.05, 4.69) is 32.7 Å². The SMILES string of the molecule is Fc1cnc2c(I)cnn2c1. The standard InChI is InChI=1S/C6H3FIN3/c7-4-1-9-6-5(8)2-10-11(6)3-4/h1-3H. The molecule has 0 aliphatic carbocycles. The van der Waals surface area contributed by atoms with Crippen LogP contribution in [0.1, 0.15) is 0 Å². The van der Waals surface area contributed by atoms with Crippen LogP contribution >= 0.6 is 22.6 Å². The third-order valence-electron chi connectivity index (χ3n) is 1.28. The molecule has 5 heteroatoms. The molecular weight excluding hydrogens is 260 g/mol. The fourth-order valence-electron chi connectivity index (χ4n) is 0.823. The Morgan fingerprint density at radius 2 is 2.27 bits per heavy atom. The monoisotopic (exact) mass is 263 g/mol. The maximum absolute atomic E-state index is 12.5. The summed E-state index contributed by atoms with van der Waals surface area (Å²) < 4.78 is 14.9. The first-order chi connectivity index (χ1) is 5.27. The molecule has 11 heavy (non-hydrogen) atoms. The van der Waals surface area contributed by atoms with E-state index in [0.29, 0.717) is 5.65 Å². The molecule has 0 amide bonds. The average molecular weight is 263 g/mol. The van der Waals surface area contributed by atoms with Gasteiger partial charge in [0.15, 0.2) is 11.5 Å². The van der Waals surface area contributed by atoms with Gasteiger partial charge >= 0.3 is 0 Å². The van der Waals surface area contributed by atoms with E-state index >= 15 is 0 Å². The van der Waals surface area contributed by atoms with Gasteiger partial charge in [0.1, 0.15) is 0 Å².